The number of likely N-dealkylation sites (N-methyl/N-ethyl adjacent to an activating group) is 1. The Kier molecular flexibility index (Phi) is 7.26. The first-order valence-electron chi connectivity index (χ1n) is 9.83. The monoisotopic (exact) mass is 412 g/mol. The average molecular weight is 412 g/mol. The number of hydrogen-bond acceptors (Lipinski definition) is 5. The molecule has 0 aliphatic heterocycles. The first-order valence-corrected chi connectivity index (χ1v) is 9.83. The van der Waals surface area contributed by atoms with Gasteiger partial charge in [-0.15, -0.1) is 0 Å². The van der Waals surface area contributed by atoms with Gasteiger partial charge in [0.2, 0.25) is 0 Å². The fraction of sp³-hybridized carbons (Fsp3) is 0.318. The lowest BCUT2D eigenvalue weighted by Crippen LogP contribution is -2.27. The molecule has 0 amide bonds. The summed E-state index contributed by atoms with van der Waals surface area (Å²) in [6.07, 6.45) is 3.87. The van der Waals surface area contributed by atoms with Crippen LogP contribution in [0.25, 0.3) is 11.5 Å². The summed E-state index contributed by atoms with van der Waals surface area (Å²) >= 11 is 0. The van der Waals surface area contributed by atoms with Gasteiger partial charge in [0.05, 0.1) is 24.1 Å². The van der Waals surface area contributed by atoms with Crippen molar-refractivity contribution in [3.05, 3.63) is 71.4 Å². The minimum absolute atomic E-state index is 0.0621. The van der Waals surface area contributed by atoms with E-state index in [-0.39, 0.29) is 18.0 Å². The second kappa shape index (κ2) is 10.1. The predicted molar refractivity (Wildman–Crippen MR) is 111 cm³/mol. The molecule has 0 saturated heterocycles. The molecule has 3 rings (SSSR count). The van der Waals surface area contributed by atoms with Gasteiger partial charge < -0.3 is 14.8 Å². The molecular weight excluding hydrogens is 387 g/mol. The third kappa shape index (κ3) is 5.28. The van der Waals surface area contributed by atoms with Crippen molar-refractivity contribution in [1.82, 2.24) is 19.4 Å². The molecule has 0 fully saturated rings. The Labute approximate surface area is 174 Å². The highest BCUT2D eigenvalue weighted by Crippen LogP contribution is 2.21. The van der Waals surface area contributed by atoms with E-state index in [1.54, 1.807) is 18.3 Å². The highest BCUT2D eigenvalue weighted by atomic mass is 19.1. The van der Waals surface area contributed by atoms with Crippen LogP contribution in [-0.2, 0) is 19.5 Å². The van der Waals surface area contributed by atoms with Crippen LogP contribution in [0.1, 0.15) is 28.5 Å². The summed E-state index contributed by atoms with van der Waals surface area (Å²) in [6, 6.07) is 9.32. The van der Waals surface area contributed by atoms with E-state index in [2.05, 4.69) is 14.9 Å². The molecule has 2 aromatic heterocycles. The Morgan fingerprint density at radius 1 is 1.20 bits per heavy atom. The smallest absolute Gasteiger partial charge is 0.335 e. The van der Waals surface area contributed by atoms with Crippen molar-refractivity contribution in [2.24, 2.45) is 0 Å². The fourth-order valence-electron chi connectivity index (χ4n) is 3.29. The van der Waals surface area contributed by atoms with Gasteiger partial charge in [0.1, 0.15) is 11.5 Å². The van der Waals surface area contributed by atoms with Crippen molar-refractivity contribution in [2.75, 3.05) is 19.7 Å². The summed E-state index contributed by atoms with van der Waals surface area (Å²) < 4.78 is 15.2. The summed E-state index contributed by atoms with van der Waals surface area (Å²) in [5.41, 5.74) is 2.54. The van der Waals surface area contributed by atoms with E-state index in [0.717, 1.165) is 17.8 Å². The number of aryl methyl sites for hydroxylation is 1. The van der Waals surface area contributed by atoms with Crippen LogP contribution in [0.5, 0.6) is 0 Å². The van der Waals surface area contributed by atoms with Gasteiger partial charge in [0.25, 0.3) is 0 Å². The molecule has 2 heterocycles. The minimum atomic E-state index is -1.02. The first kappa shape index (κ1) is 21.6. The molecule has 1 aromatic carbocycles. The number of aliphatic hydroxyl groups is 1. The molecule has 2 N–H and O–H groups in total. The SMILES string of the molecule is CCN(CCO)Cc1cnc(-c2cc(C(=O)O)ccn2)n1CCc1ccc(F)cc1. The zero-order valence-corrected chi connectivity index (χ0v) is 16.8. The number of imidazole rings is 1. The normalized spacial score (nSPS) is 11.2. The van der Waals surface area contributed by atoms with E-state index in [9.17, 15) is 19.4 Å². The van der Waals surface area contributed by atoms with E-state index < -0.39 is 5.97 Å². The zero-order chi connectivity index (χ0) is 21.5. The number of carbonyl (C=O) groups is 1. The summed E-state index contributed by atoms with van der Waals surface area (Å²) in [4.78, 5) is 22.3. The second-order valence-corrected chi connectivity index (χ2v) is 6.93. The van der Waals surface area contributed by atoms with Crippen molar-refractivity contribution in [2.45, 2.75) is 26.4 Å². The zero-order valence-electron chi connectivity index (χ0n) is 16.8. The van der Waals surface area contributed by atoms with Crippen LogP contribution in [0.15, 0.2) is 48.8 Å². The van der Waals surface area contributed by atoms with Crippen LogP contribution in [-0.4, -0.2) is 55.3 Å². The number of aliphatic hydroxyl groups excluding tert-OH is 1. The van der Waals surface area contributed by atoms with Gasteiger partial charge in [-0.3, -0.25) is 9.88 Å². The lowest BCUT2D eigenvalue weighted by Gasteiger charge is -2.20. The Bertz CT molecular complexity index is 988. The number of halogens is 1. The van der Waals surface area contributed by atoms with E-state index in [4.69, 9.17) is 0 Å². The third-order valence-corrected chi connectivity index (χ3v) is 4.96. The number of benzene rings is 1. The predicted octanol–water partition coefficient (Wildman–Crippen LogP) is 2.84. The van der Waals surface area contributed by atoms with Crippen LogP contribution >= 0.6 is 0 Å². The average Bonchev–Trinajstić information content (AvgIpc) is 3.15. The largest absolute Gasteiger partial charge is 0.478 e. The van der Waals surface area contributed by atoms with Crippen LogP contribution in [0.4, 0.5) is 4.39 Å². The van der Waals surface area contributed by atoms with E-state index in [1.165, 1.54) is 30.5 Å². The van der Waals surface area contributed by atoms with Crippen LogP contribution < -0.4 is 0 Å². The number of carboxylic acid groups (broad SMARTS) is 1. The quantitative estimate of drug-likeness (QED) is 0.532. The van der Waals surface area contributed by atoms with Gasteiger partial charge in [-0.25, -0.2) is 14.2 Å². The summed E-state index contributed by atoms with van der Waals surface area (Å²) in [7, 11) is 0. The van der Waals surface area contributed by atoms with Crippen LogP contribution in [0.3, 0.4) is 0 Å². The maximum absolute atomic E-state index is 13.2. The fourth-order valence-corrected chi connectivity index (χ4v) is 3.29. The topological polar surface area (TPSA) is 91.5 Å². The van der Waals surface area contributed by atoms with E-state index >= 15 is 0 Å². The number of aromatic nitrogens is 3. The molecule has 0 aliphatic carbocycles. The highest BCUT2D eigenvalue weighted by Gasteiger charge is 2.16. The maximum atomic E-state index is 13.2. The van der Waals surface area contributed by atoms with Crippen molar-refractivity contribution >= 4 is 5.97 Å². The third-order valence-electron chi connectivity index (χ3n) is 4.96. The number of nitrogens with zero attached hydrogens (tertiary/aromatic N) is 4. The molecule has 30 heavy (non-hydrogen) atoms. The number of pyridine rings is 1. The molecule has 0 unspecified atom stereocenters. The molecule has 0 bridgehead atoms. The molecule has 0 aliphatic rings. The van der Waals surface area contributed by atoms with Gasteiger partial charge in [-0.2, -0.15) is 0 Å². The van der Waals surface area contributed by atoms with Gasteiger partial charge >= 0.3 is 5.97 Å². The van der Waals surface area contributed by atoms with Crippen molar-refractivity contribution in [1.29, 1.82) is 0 Å². The second-order valence-electron chi connectivity index (χ2n) is 6.93. The van der Waals surface area contributed by atoms with Crippen molar-refractivity contribution in [3.63, 3.8) is 0 Å². The molecule has 158 valence electrons. The molecule has 0 spiro atoms. The molecule has 0 atom stereocenters. The van der Waals surface area contributed by atoms with Crippen LogP contribution in [0.2, 0.25) is 0 Å². The Morgan fingerprint density at radius 2 is 1.97 bits per heavy atom. The van der Waals surface area contributed by atoms with Gasteiger partial charge in [-0.05, 0) is 42.8 Å². The maximum Gasteiger partial charge on any atom is 0.335 e. The van der Waals surface area contributed by atoms with Crippen molar-refractivity contribution < 1.29 is 19.4 Å². The summed E-state index contributed by atoms with van der Waals surface area (Å²) in [6.45, 7) is 4.56. The standard InChI is InChI=1S/C22H25FN4O3/c1-2-26(11-12-28)15-19-14-25-21(20-13-17(22(29)30)7-9-24-20)27(19)10-8-16-3-5-18(23)6-4-16/h3-7,9,13-14,28H,2,8,10-12,15H2,1H3,(H,29,30). The Hall–Kier alpha value is -3.10. The number of hydrogen-bond donors (Lipinski definition) is 2. The van der Waals surface area contributed by atoms with Crippen LogP contribution in [0, 0.1) is 5.82 Å². The summed E-state index contributed by atoms with van der Waals surface area (Å²) in [5.74, 6) is -0.723. The van der Waals surface area contributed by atoms with Gasteiger partial charge in [0, 0.05) is 25.8 Å². The highest BCUT2D eigenvalue weighted by molar-refractivity contribution is 5.88. The van der Waals surface area contributed by atoms with E-state index in [0.29, 0.717) is 37.6 Å². The molecule has 3 aromatic rings. The number of carboxylic acids is 1. The Morgan fingerprint density at radius 3 is 2.63 bits per heavy atom. The lowest BCUT2D eigenvalue weighted by molar-refractivity contribution is 0.0696. The van der Waals surface area contributed by atoms with Gasteiger partial charge in [-0.1, -0.05) is 19.1 Å². The molecule has 0 saturated carbocycles. The minimum Gasteiger partial charge on any atom is -0.478 e. The van der Waals surface area contributed by atoms with Gasteiger partial charge in [0.15, 0.2) is 5.82 Å². The molecule has 8 heteroatoms. The Balaban J connectivity index is 1.94. The summed E-state index contributed by atoms with van der Waals surface area (Å²) in [5, 5.41) is 18.6. The van der Waals surface area contributed by atoms with Crippen molar-refractivity contribution in [3.8, 4) is 11.5 Å². The first-order chi connectivity index (χ1) is 14.5. The number of aromatic carboxylic acids is 1. The molecular formula is C22H25FN4O3. The molecule has 7 nitrogen and oxygen atoms in total. The molecule has 0 radical (unpaired) electrons. The lowest BCUT2D eigenvalue weighted by atomic mass is 10.1. The number of rotatable bonds is 10. The van der Waals surface area contributed by atoms with E-state index in [1.807, 2.05) is 11.5 Å².